The largest absolute Gasteiger partial charge is 0.279 e. The van der Waals surface area contributed by atoms with E-state index >= 15 is 0 Å². The fraction of sp³-hybridized carbons (Fsp3) is 0.591. The van der Waals surface area contributed by atoms with Crippen LogP contribution in [0.1, 0.15) is 82.1 Å². The minimum absolute atomic E-state index is 0.148. The first kappa shape index (κ1) is 29.6. The highest BCUT2D eigenvalue weighted by Crippen LogP contribution is 2.44. The zero-order valence-corrected chi connectivity index (χ0v) is 20.6. The lowest BCUT2D eigenvalue weighted by atomic mass is 10.1. The van der Waals surface area contributed by atoms with E-state index in [0.29, 0.717) is 11.9 Å². The third-order valence-electron chi connectivity index (χ3n) is 4.63. The van der Waals surface area contributed by atoms with Crippen molar-refractivity contribution in [3.63, 3.8) is 0 Å². The van der Waals surface area contributed by atoms with Crippen molar-refractivity contribution in [1.82, 2.24) is 10.0 Å². The van der Waals surface area contributed by atoms with Crippen molar-refractivity contribution in [3.8, 4) is 0 Å². The van der Waals surface area contributed by atoms with E-state index in [1.54, 1.807) is 10.8 Å². The summed E-state index contributed by atoms with van der Waals surface area (Å²) in [5.74, 6) is -1.01. The first-order valence-electron chi connectivity index (χ1n) is 11.1. The van der Waals surface area contributed by atoms with Gasteiger partial charge in [-0.1, -0.05) is 85.6 Å². The summed E-state index contributed by atoms with van der Waals surface area (Å²) < 4.78 is 0. The number of aromatic nitrogens is 1. The molecular weight excluding hydrogens is 468 g/mol. The van der Waals surface area contributed by atoms with Crippen molar-refractivity contribution in [2.45, 2.75) is 76.4 Å². The Morgan fingerprint density at radius 3 is 2.21 bits per heavy atom. The van der Waals surface area contributed by atoms with E-state index < -0.39 is 11.8 Å². The van der Waals surface area contributed by atoms with Crippen LogP contribution in [0.3, 0.4) is 0 Å². The minimum Gasteiger partial charge on any atom is -0.279 e. The van der Waals surface area contributed by atoms with Crippen molar-refractivity contribution in [2.75, 3.05) is 6.61 Å². The van der Waals surface area contributed by atoms with Gasteiger partial charge in [-0.2, -0.15) is 5.06 Å². The number of rotatable bonds is 12. The number of unbranched alkanes of at least 4 members (excludes halogenated alkanes) is 7. The number of nitrogens with zero attached hydrogens (tertiary/aromatic N) is 2. The maximum absolute atomic E-state index is 10.2. The molecule has 0 radical (unpaired) electrons. The van der Waals surface area contributed by atoms with Crippen molar-refractivity contribution < 1.29 is 35.0 Å². The number of hydrogen-bond acceptors (Lipinski definition) is 10. The van der Waals surface area contributed by atoms with Gasteiger partial charge >= 0.3 is 0 Å². The Morgan fingerprint density at radius 2 is 1.73 bits per heavy atom. The van der Waals surface area contributed by atoms with Crippen LogP contribution >= 0.6 is 21.6 Å². The molecule has 1 atom stereocenters. The van der Waals surface area contributed by atoms with Crippen LogP contribution in [0.15, 0.2) is 35.9 Å². The lowest BCUT2D eigenvalue weighted by Gasteiger charge is -2.02. The van der Waals surface area contributed by atoms with E-state index in [0.717, 1.165) is 18.5 Å². The number of imide groups is 1. The quantitative estimate of drug-likeness (QED) is 0.0874. The van der Waals surface area contributed by atoms with Crippen molar-refractivity contribution in [1.29, 1.82) is 0 Å². The van der Waals surface area contributed by atoms with Crippen LogP contribution in [0.4, 0.5) is 0 Å². The van der Waals surface area contributed by atoms with Gasteiger partial charge in [0.2, 0.25) is 0 Å². The van der Waals surface area contributed by atoms with Crippen molar-refractivity contribution in [2.24, 2.45) is 0 Å². The molecule has 186 valence electrons. The minimum atomic E-state index is -0.505. The van der Waals surface area contributed by atoms with Gasteiger partial charge in [-0.3, -0.25) is 19.8 Å². The summed E-state index contributed by atoms with van der Waals surface area (Å²) in [6, 6.07) is 6.04. The van der Waals surface area contributed by atoms with Gasteiger partial charge in [0.05, 0.1) is 17.6 Å². The molecule has 0 spiro atoms. The summed E-state index contributed by atoms with van der Waals surface area (Å²) in [5, 5.41) is 26.0. The molecule has 0 saturated carbocycles. The maximum Gasteiger partial charge on any atom is 0.253 e. The molecule has 1 saturated heterocycles. The summed E-state index contributed by atoms with van der Waals surface area (Å²) in [6.45, 7) is 2.69. The Labute approximate surface area is 203 Å². The van der Waals surface area contributed by atoms with Crippen LogP contribution in [0.25, 0.3) is 0 Å². The average Bonchev–Trinajstić information content (AvgIpc) is 3.48. The van der Waals surface area contributed by atoms with Gasteiger partial charge in [0, 0.05) is 19.0 Å². The lowest BCUT2D eigenvalue weighted by molar-refractivity contribution is -0.623. The van der Waals surface area contributed by atoms with E-state index in [9.17, 15) is 9.59 Å². The Kier molecular flexibility index (Phi) is 17.9. The van der Waals surface area contributed by atoms with Crippen LogP contribution in [0.5, 0.6) is 0 Å². The number of amides is 2. The summed E-state index contributed by atoms with van der Waals surface area (Å²) in [4.78, 5) is 29.2. The smallest absolute Gasteiger partial charge is 0.253 e. The van der Waals surface area contributed by atoms with Crippen LogP contribution in [-0.4, -0.2) is 38.9 Å². The highest BCUT2D eigenvalue weighted by Gasteiger charge is 2.26. The van der Waals surface area contributed by atoms with Gasteiger partial charge in [-0.05, 0) is 34.0 Å². The lowest BCUT2D eigenvalue weighted by Crippen LogP contribution is -2.24. The molecule has 11 heteroatoms. The number of carbonyl (C=O) groups excluding carboxylic acids is 2. The van der Waals surface area contributed by atoms with Gasteiger partial charge in [-0.15, -0.1) is 0 Å². The molecule has 0 aromatic carbocycles. The standard InChI is InChI=1S/C10H22O4.C8H7NS2.C4H5NO3/c1-2-3-4-5-6-7-8-9-10-12-14-13-11;1-2-5-9-7(3-1)8-4-6-10-11-8;6-3-1-2-4(7)5(3)8/h11H,2-10H2,1H3;1-6,8H;8H,1-2H2. The molecule has 2 amide bonds. The summed E-state index contributed by atoms with van der Waals surface area (Å²) >= 11 is 0. The normalized spacial score (nSPS) is 16.9. The number of pyridine rings is 1. The van der Waals surface area contributed by atoms with Gasteiger partial charge in [0.1, 0.15) is 0 Å². The number of carbonyl (C=O) groups is 2. The summed E-state index contributed by atoms with van der Waals surface area (Å²) in [5.41, 5.74) is 1.15. The van der Waals surface area contributed by atoms with Gasteiger partial charge in [-0.25, -0.2) is 10.1 Å². The molecule has 2 aliphatic heterocycles. The Balaban J connectivity index is 0.000000256. The summed E-state index contributed by atoms with van der Waals surface area (Å²) in [7, 11) is 3.61. The van der Waals surface area contributed by atoms with E-state index in [2.05, 4.69) is 44.4 Å². The third kappa shape index (κ3) is 14.4. The van der Waals surface area contributed by atoms with Crippen LogP contribution in [0, 0.1) is 0 Å². The SMILES string of the molecule is C1=CC(c2ccccn2)SS1.CCCCCCCCCCOOOO.O=C1CCC(=O)N1O. The highest BCUT2D eigenvalue weighted by atomic mass is 33.1. The Morgan fingerprint density at radius 1 is 1.06 bits per heavy atom. The molecule has 3 heterocycles. The third-order valence-corrected chi connectivity index (χ3v) is 6.91. The number of hydrogen-bond donors (Lipinski definition) is 2. The van der Waals surface area contributed by atoms with Crippen LogP contribution in [0.2, 0.25) is 0 Å². The van der Waals surface area contributed by atoms with Crippen molar-refractivity contribution >= 4 is 33.4 Å². The zero-order chi connectivity index (χ0) is 24.2. The van der Waals surface area contributed by atoms with Gasteiger partial charge in [0.15, 0.2) is 0 Å². The molecule has 2 N–H and O–H groups in total. The molecule has 1 fully saturated rings. The topological polar surface area (TPSA) is 118 Å². The Bertz CT molecular complexity index is 652. The van der Waals surface area contributed by atoms with E-state index in [1.807, 2.05) is 29.1 Å². The Hall–Kier alpha value is -1.47. The molecule has 1 unspecified atom stereocenters. The molecular formula is C22H34N2O7S2. The molecule has 0 aliphatic carbocycles. The fourth-order valence-electron chi connectivity index (χ4n) is 2.83. The second-order valence-corrected chi connectivity index (χ2v) is 9.55. The molecule has 9 nitrogen and oxygen atoms in total. The van der Waals surface area contributed by atoms with Crippen LogP contribution < -0.4 is 0 Å². The van der Waals surface area contributed by atoms with E-state index in [4.69, 9.17) is 10.5 Å². The highest BCUT2D eigenvalue weighted by molar-refractivity contribution is 8.78. The molecule has 3 rings (SSSR count). The number of hydroxylamine groups is 2. The molecule has 1 aromatic rings. The van der Waals surface area contributed by atoms with Gasteiger partial charge in [0.25, 0.3) is 11.8 Å². The summed E-state index contributed by atoms with van der Waals surface area (Å²) in [6.07, 6.45) is 14.3. The molecule has 2 aliphatic rings. The fourth-order valence-corrected chi connectivity index (χ4v) is 4.95. The van der Waals surface area contributed by atoms with Gasteiger partial charge < -0.3 is 0 Å². The first-order chi connectivity index (χ1) is 16.1. The van der Waals surface area contributed by atoms with Crippen molar-refractivity contribution in [3.05, 3.63) is 41.6 Å². The predicted molar refractivity (Wildman–Crippen MR) is 128 cm³/mol. The first-order valence-corrected chi connectivity index (χ1v) is 13.4. The molecule has 0 bridgehead atoms. The maximum atomic E-state index is 10.2. The second-order valence-electron chi connectivity index (χ2n) is 7.23. The predicted octanol–water partition coefficient (Wildman–Crippen LogP) is 6.04. The average molecular weight is 503 g/mol. The molecule has 1 aromatic heterocycles. The second kappa shape index (κ2) is 20.0. The van der Waals surface area contributed by atoms with Crippen LogP contribution in [-0.2, 0) is 24.6 Å². The zero-order valence-electron chi connectivity index (χ0n) is 19.0. The molecule has 33 heavy (non-hydrogen) atoms. The van der Waals surface area contributed by atoms with E-state index in [-0.39, 0.29) is 17.9 Å². The van der Waals surface area contributed by atoms with E-state index in [1.165, 1.54) is 38.5 Å². The monoisotopic (exact) mass is 502 g/mol.